The van der Waals surface area contributed by atoms with Crippen molar-refractivity contribution in [2.45, 2.75) is 57.5 Å². The second-order valence-electron chi connectivity index (χ2n) is 13.0. The number of primary amides is 1. The fourth-order valence-electron chi connectivity index (χ4n) is 6.11. The number of para-hydroxylation sites is 1. The average molecular weight is 777 g/mol. The summed E-state index contributed by atoms with van der Waals surface area (Å²) in [6.07, 6.45) is -6.74. The molecule has 5 rings (SSSR count). The van der Waals surface area contributed by atoms with E-state index in [0.29, 0.717) is 11.1 Å². The quantitative estimate of drug-likeness (QED) is 0.0866. The van der Waals surface area contributed by atoms with Crippen LogP contribution in [0.3, 0.4) is 0 Å². The van der Waals surface area contributed by atoms with E-state index in [0.717, 1.165) is 23.8 Å². The molecule has 3 atom stereocenters. The van der Waals surface area contributed by atoms with Crippen LogP contribution in [0.25, 0.3) is 0 Å². The zero-order valence-electron chi connectivity index (χ0n) is 28.6. The molecular formula is C36H37F4N4O9P. The molecule has 0 unspecified atom stereocenters. The molecule has 54 heavy (non-hydrogen) atoms. The predicted molar refractivity (Wildman–Crippen MR) is 185 cm³/mol. The van der Waals surface area contributed by atoms with E-state index < -0.39 is 87.7 Å². The van der Waals surface area contributed by atoms with Gasteiger partial charge in [-0.15, -0.1) is 0 Å². The number of hydrogen-bond donors (Lipinski definition) is 4. The van der Waals surface area contributed by atoms with Gasteiger partial charge in [-0.1, -0.05) is 67.4 Å². The lowest BCUT2D eigenvalue weighted by Gasteiger charge is -2.28. The van der Waals surface area contributed by atoms with Crippen molar-refractivity contribution in [2.75, 3.05) is 11.6 Å². The highest BCUT2D eigenvalue weighted by Crippen LogP contribution is 2.40. The summed E-state index contributed by atoms with van der Waals surface area (Å²) in [5.41, 5.74) is 6.14. The summed E-state index contributed by atoms with van der Waals surface area (Å²) in [7, 11) is -4.75. The Hall–Kier alpha value is -4.96. The molecule has 1 heterocycles. The highest BCUT2D eigenvalue weighted by atomic mass is 31.2. The second kappa shape index (κ2) is 17.0. The molecule has 13 nitrogen and oxygen atoms in total. The molecule has 18 heteroatoms. The minimum Gasteiger partial charge on any atom is -0.440 e. The van der Waals surface area contributed by atoms with Crippen LogP contribution >= 0.6 is 7.82 Å². The Balaban J connectivity index is 1.47. The third-order valence-electron chi connectivity index (χ3n) is 8.96. The van der Waals surface area contributed by atoms with E-state index in [1.807, 2.05) is 0 Å². The summed E-state index contributed by atoms with van der Waals surface area (Å²) in [5.74, 6) is -7.21. The molecule has 3 aromatic rings. The van der Waals surface area contributed by atoms with Gasteiger partial charge in [0.15, 0.2) is 6.73 Å². The standard InChI is InChI=1S/C36H37F4N4O9P/c37-28-10-4-8-26-29(23-6-2-1-3-7-23)42-32(43-33(46)25(9-5-17-36(38,39)40)27(31(41)45)18-21-11-12-21)34(47)44(30(26)28)20-52-35(48)24-15-13-22(14-16-24)19-53-54(49,50)51/h1-4,6-8,10,13-16,21,25,27,32H,5,9,11-12,17-20H2,(H2,41,45)(H,43,46)(H2,49,50,51)/t25-,27+,32-/m1/s1. The van der Waals surface area contributed by atoms with Crippen LogP contribution in [-0.4, -0.2) is 58.3 Å². The van der Waals surface area contributed by atoms with Gasteiger partial charge in [0.25, 0.3) is 5.91 Å². The number of aliphatic imine (C=N–C) groups is 1. The van der Waals surface area contributed by atoms with Crippen molar-refractivity contribution in [1.82, 2.24) is 5.32 Å². The van der Waals surface area contributed by atoms with Gasteiger partial charge in [-0.05, 0) is 48.9 Å². The minimum atomic E-state index is -4.75. The van der Waals surface area contributed by atoms with E-state index in [1.54, 1.807) is 30.3 Å². The van der Waals surface area contributed by atoms with Crippen molar-refractivity contribution >= 4 is 42.9 Å². The lowest BCUT2D eigenvalue weighted by Crippen LogP contribution is -2.51. The van der Waals surface area contributed by atoms with Gasteiger partial charge in [-0.2, -0.15) is 13.2 Å². The molecule has 3 amide bonds. The van der Waals surface area contributed by atoms with Gasteiger partial charge in [0.2, 0.25) is 18.0 Å². The van der Waals surface area contributed by atoms with Crippen LogP contribution in [0, 0.1) is 23.6 Å². The van der Waals surface area contributed by atoms with Crippen molar-refractivity contribution in [3.05, 3.63) is 101 Å². The Bertz CT molecular complexity index is 1940. The molecule has 5 N–H and O–H groups in total. The maximum absolute atomic E-state index is 15.8. The lowest BCUT2D eigenvalue weighted by molar-refractivity contribution is -0.140. The monoisotopic (exact) mass is 776 g/mol. The number of fused-ring (bicyclic) bond motifs is 1. The van der Waals surface area contributed by atoms with Crippen molar-refractivity contribution in [1.29, 1.82) is 0 Å². The number of nitrogens with two attached hydrogens (primary N) is 1. The molecule has 0 bridgehead atoms. The maximum Gasteiger partial charge on any atom is 0.469 e. The molecular weight excluding hydrogens is 739 g/mol. The zero-order chi connectivity index (χ0) is 39.2. The van der Waals surface area contributed by atoms with E-state index >= 15 is 4.39 Å². The number of halogens is 4. The summed E-state index contributed by atoms with van der Waals surface area (Å²) in [4.78, 5) is 77.2. The Labute approximate surface area is 306 Å². The number of rotatable bonds is 16. The highest BCUT2D eigenvalue weighted by molar-refractivity contribution is 7.46. The molecule has 2 aliphatic rings. The molecule has 3 aromatic carbocycles. The Morgan fingerprint density at radius 3 is 2.30 bits per heavy atom. The Kier molecular flexibility index (Phi) is 12.7. The number of alkyl halides is 3. The van der Waals surface area contributed by atoms with Gasteiger partial charge in [-0.3, -0.25) is 23.8 Å². The van der Waals surface area contributed by atoms with Crippen LogP contribution in [0.15, 0.2) is 77.8 Å². The van der Waals surface area contributed by atoms with Gasteiger partial charge in [0.1, 0.15) is 5.82 Å². The van der Waals surface area contributed by atoms with Gasteiger partial charge < -0.3 is 25.6 Å². The predicted octanol–water partition coefficient (Wildman–Crippen LogP) is 5.13. The first-order valence-electron chi connectivity index (χ1n) is 16.9. The number of benzene rings is 3. The fraction of sp³-hybridized carbons (Fsp3) is 0.361. The third kappa shape index (κ3) is 10.8. The Morgan fingerprint density at radius 2 is 1.69 bits per heavy atom. The fourth-order valence-corrected chi connectivity index (χ4v) is 6.43. The first-order valence-corrected chi connectivity index (χ1v) is 18.4. The molecule has 0 spiro atoms. The number of phosphoric ester groups is 1. The molecule has 0 saturated heterocycles. The number of benzodiazepines with no additional fused rings is 1. The van der Waals surface area contributed by atoms with Crippen LogP contribution in [0.5, 0.6) is 0 Å². The van der Waals surface area contributed by atoms with Crippen LogP contribution in [0.2, 0.25) is 0 Å². The van der Waals surface area contributed by atoms with Crippen LogP contribution in [0.4, 0.5) is 23.2 Å². The topological polar surface area (TPSA) is 198 Å². The Morgan fingerprint density at radius 1 is 1.00 bits per heavy atom. The van der Waals surface area contributed by atoms with Crippen LogP contribution < -0.4 is 16.0 Å². The average Bonchev–Trinajstić information content (AvgIpc) is 3.95. The molecule has 0 radical (unpaired) electrons. The van der Waals surface area contributed by atoms with E-state index in [2.05, 4.69) is 14.8 Å². The normalized spacial score (nSPS) is 17.1. The molecule has 1 saturated carbocycles. The van der Waals surface area contributed by atoms with E-state index in [4.69, 9.17) is 20.3 Å². The minimum absolute atomic E-state index is 0.0492. The van der Waals surface area contributed by atoms with E-state index in [9.17, 15) is 36.9 Å². The summed E-state index contributed by atoms with van der Waals surface area (Å²) in [6, 6.07) is 17.4. The molecule has 288 valence electrons. The number of phosphoric acid groups is 1. The summed E-state index contributed by atoms with van der Waals surface area (Å²) in [6.45, 7) is -1.35. The molecule has 1 fully saturated rings. The SMILES string of the molecule is NC(=O)[C@@H](CC1CC1)[C@@H](CCCC(F)(F)F)C(=O)N[C@H]1N=C(c2ccccc2)c2cccc(F)c2N(COC(=O)c2ccc(COP(=O)(O)O)cc2)C1=O. The maximum atomic E-state index is 15.8. The first-order chi connectivity index (χ1) is 25.5. The van der Waals surface area contributed by atoms with Gasteiger partial charge >= 0.3 is 20.0 Å². The second-order valence-corrected chi connectivity index (χ2v) is 14.2. The number of hydrogen-bond acceptors (Lipinski definition) is 8. The van der Waals surface area contributed by atoms with Crippen LogP contribution in [-0.2, 0) is 34.8 Å². The van der Waals surface area contributed by atoms with Crippen molar-refractivity contribution in [2.24, 2.45) is 28.5 Å². The molecule has 1 aliphatic heterocycles. The van der Waals surface area contributed by atoms with Crippen molar-refractivity contribution in [3.63, 3.8) is 0 Å². The van der Waals surface area contributed by atoms with Gasteiger partial charge in [-0.25, -0.2) is 18.7 Å². The lowest BCUT2D eigenvalue weighted by atomic mass is 9.82. The number of nitrogens with one attached hydrogen (secondary N) is 1. The number of amides is 3. The number of carbonyl (C=O) groups excluding carboxylic acids is 4. The van der Waals surface area contributed by atoms with Gasteiger partial charge in [0.05, 0.1) is 23.6 Å². The number of nitrogens with zero attached hydrogens (tertiary/aromatic N) is 2. The highest BCUT2D eigenvalue weighted by Gasteiger charge is 2.41. The summed E-state index contributed by atoms with van der Waals surface area (Å²) < 4.78 is 76.1. The number of anilines is 1. The first kappa shape index (κ1) is 40.2. The van der Waals surface area contributed by atoms with Crippen LogP contribution in [0.1, 0.15) is 65.6 Å². The third-order valence-corrected chi connectivity index (χ3v) is 9.42. The van der Waals surface area contributed by atoms with E-state index in [-0.39, 0.29) is 41.3 Å². The van der Waals surface area contributed by atoms with E-state index in [1.165, 1.54) is 36.4 Å². The number of ether oxygens (including phenoxy) is 1. The number of esters is 1. The van der Waals surface area contributed by atoms with Gasteiger partial charge in [0, 0.05) is 29.4 Å². The summed E-state index contributed by atoms with van der Waals surface area (Å²) in [5, 5.41) is 2.48. The zero-order valence-corrected chi connectivity index (χ0v) is 29.5. The largest absolute Gasteiger partial charge is 0.469 e. The van der Waals surface area contributed by atoms with Crippen molar-refractivity contribution < 1.29 is 60.4 Å². The molecule has 1 aliphatic carbocycles. The number of carbonyl (C=O) groups is 4. The smallest absolute Gasteiger partial charge is 0.440 e. The molecule has 0 aromatic heterocycles. The van der Waals surface area contributed by atoms with Crippen molar-refractivity contribution in [3.8, 4) is 0 Å². The summed E-state index contributed by atoms with van der Waals surface area (Å²) >= 11 is 0.